The molecule has 0 aliphatic heterocycles. The molecule has 8 heteroatoms. The van der Waals surface area contributed by atoms with Gasteiger partial charge in [-0.2, -0.15) is 0 Å². The lowest BCUT2D eigenvalue weighted by molar-refractivity contribution is -0.384. The minimum Gasteiger partial charge on any atom is -0.452 e. The van der Waals surface area contributed by atoms with Crippen LogP contribution in [0.5, 0.6) is 0 Å². The van der Waals surface area contributed by atoms with Crippen LogP contribution in [0, 0.1) is 27.9 Å². The maximum absolute atomic E-state index is 12.4. The van der Waals surface area contributed by atoms with Gasteiger partial charge in [0.15, 0.2) is 6.10 Å². The van der Waals surface area contributed by atoms with Gasteiger partial charge in [-0.3, -0.25) is 14.9 Å². The van der Waals surface area contributed by atoms with Gasteiger partial charge in [0.05, 0.1) is 10.8 Å². The molecule has 2 fully saturated rings. The van der Waals surface area contributed by atoms with E-state index in [1.165, 1.54) is 18.6 Å². The number of rotatable bonds is 5. The summed E-state index contributed by atoms with van der Waals surface area (Å²) in [4.78, 5) is 22.7. The van der Waals surface area contributed by atoms with Gasteiger partial charge in [0.25, 0.3) is 11.6 Å². The quantitative estimate of drug-likeness (QED) is 0.456. The third-order valence-electron chi connectivity index (χ3n) is 5.45. The fraction of sp³-hybridized carbons (Fsp3) is 0.500. The van der Waals surface area contributed by atoms with Crippen LogP contribution >= 0.6 is 0 Å². The highest BCUT2D eigenvalue weighted by molar-refractivity contribution is 5.73. The third-order valence-corrected chi connectivity index (χ3v) is 5.45. The van der Waals surface area contributed by atoms with E-state index in [0.717, 1.165) is 19.3 Å². The van der Waals surface area contributed by atoms with Crippen LogP contribution in [0.4, 0.5) is 5.69 Å². The molecule has 1 heterocycles. The highest BCUT2D eigenvalue weighted by Gasteiger charge is 2.44. The number of hydrogen-bond donors (Lipinski definition) is 0. The van der Waals surface area contributed by atoms with Gasteiger partial charge in [0.1, 0.15) is 0 Å². The summed E-state index contributed by atoms with van der Waals surface area (Å²) in [6.45, 7) is 1.71. The Bertz CT molecular complexity index is 832. The van der Waals surface area contributed by atoms with Crippen molar-refractivity contribution in [3.63, 3.8) is 0 Å². The van der Waals surface area contributed by atoms with Crippen molar-refractivity contribution in [3.05, 3.63) is 40.3 Å². The molecule has 8 nitrogen and oxygen atoms in total. The van der Waals surface area contributed by atoms with Gasteiger partial charge in [-0.1, -0.05) is 6.42 Å². The normalized spacial score (nSPS) is 25.2. The number of esters is 1. The van der Waals surface area contributed by atoms with Gasteiger partial charge in [-0.05, 0) is 50.2 Å². The van der Waals surface area contributed by atoms with Crippen molar-refractivity contribution in [2.45, 2.75) is 38.7 Å². The number of carbonyl (C=O) groups excluding carboxylic acids is 1. The third kappa shape index (κ3) is 3.07. The van der Waals surface area contributed by atoms with Crippen LogP contribution in [0.1, 0.15) is 44.6 Å². The monoisotopic (exact) mass is 357 g/mol. The van der Waals surface area contributed by atoms with Crippen LogP contribution in [0.3, 0.4) is 0 Å². The van der Waals surface area contributed by atoms with Crippen LogP contribution in [0.2, 0.25) is 0 Å². The Labute approximate surface area is 149 Å². The fourth-order valence-corrected chi connectivity index (χ4v) is 4.09. The zero-order valence-electron chi connectivity index (χ0n) is 14.3. The molecular weight excluding hydrogens is 338 g/mol. The smallest absolute Gasteiger partial charge is 0.309 e. The van der Waals surface area contributed by atoms with Gasteiger partial charge in [0.2, 0.25) is 5.89 Å². The average Bonchev–Trinajstić information content (AvgIpc) is 3.38. The molecule has 0 radical (unpaired) electrons. The highest BCUT2D eigenvalue weighted by Crippen LogP contribution is 2.49. The Hall–Kier alpha value is -2.77. The minimum absolute atomic E-state index is 0.00624. The van der Waals surface area contributed by atoms with Crippen molar-refractivity contribution in [1.29, 1.82) is 0 Å². The molecular formula is C18H19N3O5. The van der Waals surface area contributed by atoms with Crippen LogP contribution in [0.15, 0.2) is 28.7 Å². The number of hydrogen-bond acceptors (Lipinski definition) is 7. The molecule has 2 aliphatic carbocycles. The van der Waals surface area contributed by atoms with Crippen molar-refractivity contribution >= 4 is 11.7 Å². The summed E-state index contributed by atoms with van der Waals surface area (Å²) in [5.41, 5.74) is 0.558. The standard InChI is InChI=1S/C18H19N3O5/c1-10(25-18(22)15-9-11-2-3-13(15)8-11)16-19-20-17(26-16)12-4-6-14(7-5-12)21(23)24/h4-7,10-11,13,15H,2-3,8-9H2,1H3/t10-,11-,13-,15-/m0/s1. The number of fused-ring (bicyclic) bond motifs is 2. The van der Waals surface area contributed by atoms with Crippen molar-refractivity contribution < 1.29 is 18.9 Å². The highest BCUT2D eigenvalue weighted by atomic mass is 16.6. The van der Waals surface area contributed by atoms with E-state index < -0.39 is 11.0 Å². The van der Waals surface area contributed by atoms with Crippen molar-refractivity contribution in [3.8, 4) is 11.5 Å². The molecule has 0 saturated heterocycles. The molecule has 26 heavy (non-hydrogen) atoms. The van der Waals surface area contributed by atoms with Crippen LogP contribution < -0.4 is 0 Å². The SMILES string of the molecule is C[C@H](OC(=O)[C@H]1C[C@H]2CC[C@H]1C2)c1nnc(-c2ccc([N+](=O)[O-])cc2)o1. The first-order chi connectivity index (χ1) is 12.5. The lowest BCUT2D eigenvalue weighted by Crippen LogP contribution is -2.24. The summed E-state index contributed by atoms with van der Waals surface area (Å²) in [5.74, 6) is 1.39. The predicted octanol–water partition coefficient (Wildman–Crippen LogP) is 3.69. The van der Waals surface area contributed by atoms with E-state index in [4.69, 9.17) is 9.15 Å². The maximum atomic E-state index is 12.4. The summed E-state index contributed by atoms with van der Waals surface area (Å²) >= 11 is 0. The summed E-state index contributed by atoms with van der Waals surface area (Å²) in [6, 6.07) is 5.83. The van der Waals surface area contributed by atoms with Gasteiger partial charge in [-0.25, -0.2) is 0 Å². The Balaban J connectivity index is 1.42. The number of nitro groups is 1. The average molecular weight is 357 g/mol. The first-order valence-corrected chi connectivity index (χ1v) is 8.80. The summed E-state index contributed by atoms with van der Waals surface area (Å²) in [6.07, 6.45) is 3.78. The molecule has 2 saturated carbocycles. The molecule has 1 aromatic heterocycles. The molecule has 136 valence electrons. The van der Waals surface area contributed by atoms with E-state index in [1.54, 1.807) is 19.1 Å². The lowest BCUT2D eigenvalue weighted by Gasteiger charge is -2.21. The van der Waals surface area contributed by atoms with Gasteiger partial charge >= 0.3 is 5.97 Å². The Morgan fingerprint density at radius 2 is 2.04 bits per heavy atom. The zero-order valence-corrected chi connectivity index (χ0v) is 14.3. The molecule has 4 atom stereocenters. The maximum Gasteiger partial charge on any atom is 0.309 e. The second kappa shape index (κ2) is 6.51. The molecule has 4 rings (SSSR count). The number of nitro benzene ring substituents is 1. The van der Waals surface area contributed by atoms with Gasteiger partial charge in [0, 0.05) is 17.7 Å². The molecule has 0 N–H and O–H groups in total. The largest absolute Gasteiger partial charge is 0.452 e. The molecule has 2 aromatic rings. The first kappa shape index (κ1) is 16.7. The Morgan fingerprint density at radius 3 is 2.65 bits per heavy atom. The van der Waals surface area contributed by atoms with Gasteiger partial charge < -0.3 is 9.15 Å². The molecule has 2 aliphatic rings. The molecule has 1 aromatic carbocycles. The van der Waals surface area contributed by atoms with E-state index in [-0.39, 0.29) is 29.4 Å². The van der Waals surface area contributed by atoms with E-state index in [0.29, 0.717) is 17.4 Å². The number of ether oxygens (including phenoxy) is 1. The van der Waals surface area contributed by atoms with Crippen LogP contribution in [-0.4, -0.2) is 21.1 Å². The van der Waals surface area contributed by atoms with E-state index in [2.05, 4.69) is 10.2 Å². The second-order valence-electron chi connectivity index (χ2n) is 7.11. The second-order valence-corrected chi connectivity index (χ2v) is 7.11. The first-order valence-electron chi connectivity index (χ1n) is 8.80. The number of non-ortho nitro benzene ring substituents is 1. The van der Waals surface area contributed by atoms with Crippen LogP contribution in [-0.2, 0) is 9.53 Å². The van der Waals surface area contributed by atoms with E-state index in [9.17, 15) is 14.9 Å². The fourth-order valence-electron chi connectivity index (χ4n) is 4.09. The molecule has 0 unspecified atom stereocenters. The molecule has 2 bridgehead atoms. The predicted molar refractivity (Wildman–Crippen MR) is 89.8 cm³/mol. The summed E-state index contributed by atoms with van der Waals surface area (Å²) in [5, 5.41) is 18.6. The van der Waals surface area contributed by atoms with E-state index >= 15 is 0 Å². The number of nitrogens with zero attached hydrogens (tertiary/aromatic N) is 3. The Kier molecular flexibility index (Phi) is 4.18. The number of carbonyl (C=O) groups is 1. The summed E-state index contributed by atoms with van der Waals surface area (Å²) < 4.78 is 11.1. The lowest BCUT2D eigenvalue weighted by atomic mass is 9.89. The van der Waals surface area contributed by atoms with Gasteiger partial charge in [-0.15, -0.1) is 10.2 Å². The number of benzene rings is 1. The van der Waals surface area contributed by atoms with Crippen molar-refractivity contribution in [2.24, 2.45) is 17.8 Å². The topological polar surface area (TPSA) is 108 Å². The number of aromatic nitrogens is 2. The molecule has 0 spiro atoms. The van der Waals surface area contributed by atoms with Crippen molar-refractivity contribution in [1.82, 2.24) is 10.2 Å². The minimum atomic E-state index is -0.624. The van der Waals surface area contributed by atoms with Crippen molar-refractivity contribution in [2.75, 3.05) is 0 Å². The van der Waals surface area contributed by atoms with Crippen LogP contribution in [0.25, 0.3) is 11.5 Å². The Morgan fingerprint density at radius 1 is 1.27 bits per heavy atom. The zero-order chi connectivity index (χ0) is 18.3. The molecule has 0 amide bonds. The summed E-state index contributed by atoms with van der Waals surface area (Å²) in [7, 11) is 0. The van der Waals surface area contributed by atoms with E-state index in [1.807, 2.05) is 0 Å².